The van der Waals surface area contributed by atoms with E-state index in [1.165, 1.54) is 5.56 Å². The Morgan fingerprint density at radius 1 is 1.31 bits per heavy atom. The van der Waals surface area contributed by atoms with Gasteiger partial charge in [0.05, 0.1) is 5.69 Å². The highest BCUT2D eigenvalue weighted by molar-refractivity contribution is 6.30. The van der Waals surface area contributed by atoms with E-state index >= 15 is 0 Å². The lowest BCUT2D eigenvalue weighted by molar-refractivity contribution is 0.821. The van der Waals surface area contributed by atoms with Crippen LogP contribution in [0, 0.1) is 0 Å². The topological polar surface area (TPSA) is 43.8 Å². The molecular weight excluding hydrogens is 222 g/mol. The molecule has 0 aliphatic carbocycles. The number of rotatable bonds is 3. The van der Waals surface area contributed by atoms with E-state index in [9.17, 15) is 0 Å². The van der Waals surface area contributed by atoms with Crippen LogP contribution in [0.4, 0.5) is 0 Å². The van der Waals surface area contributed by atoms with Gasteiger partial charge in [-0.1, -0.05) is 23.7 Å². The minimum absolute atomic E-state index is 0.481. The molecule has 4 heteroatoms. The van der Waals surface area contributed by atoms with Gasteiger partial charge >= 0.3 is 0 Å². The van der Waals surface area contributed by atoms with E-state index in [2.05, 4.69) is 4.98 Å². The highest BCUT2D eigenvalue weighted by Gasteiger charge is 2.04. The lowest BCUT2D eigenvalue weighted by atomic mass is 10.1. The van der Waals surface area contributed by atoms with Crippen LogP contribution in [-0.4, -0.2) is 9.55 Å². The fourth-order valence-corrected chi connectivity index (χ4v) is 1.74. The first-order valence-electron chi connectivity index (χ1n) is 5.14. The normalized spacial score (nSPS) is 10.7. The summed E-state index contributed by atoms with van der Waals surface area (Å²) in [5.41, 5.74) is 7.67. The lowest BCUT2D eigenvalue weighted by Gasteiger charge is -2.01. The molecule has 0 aliphatic heterocycles. The van der Waals surface area contributed by atoms with Crippen molar-refractivity contribution >= 4 is 11.6 Å². The van der Waals surface area contributed by atoms with E-state index in [4.69, 9.17) is 17.3 Å². The second-order valence-electron chi connectivity index (χ2n) is 3.77. The van der Waals surface area contributed by atoms with Gasteiger partial charge in [0.1, 0.15) is 5.82 Å². The quantitative estimate of drug-likeness (QED) is 0.886. The summed E-state index contributed by atoms with van der Waals surface area (Å²) in [6, 6.07) is 7.81. The van der Waals surface area contributed by atoms with Crippen LogP contribution in [-0.2, 0) is 20.0 Å². The van der Waals surface area contributed by atoms with E-state index in [1.54, 1.807) is 0 Å². The van der Waals surface area contributed by atoms with Crippen molar-refractivity contribution in [2.24, 2.45) is 12.8 Å². The molecule has 2 aromatic rings. The minimum Gasteiger partial charge on any atom is -0.337 e. The maximum atomic E-state index is 5.84. The van der Waals surface area contributed by atoms with Gasteiger partial charge in [0, 0.05) is 31.2 Å². The third kappa shape index (κ3) is 2.43. The summed E-state index contributed by atoms with van der Waals surface area (Å²) in [6.45, 7) is 0.481. The average molecular weight is 236 g/mol. The maximum absolute atomic E-state index is 5.84. The monoisotopic (exact) mass is 235 g/mol. The molecule has 0 fully saturated rings. The van der Waals surface area contributed by atoms with Gasteiger partial charge in [0.25, 0.3) is 0 Å². The van der Waals surface area contributed by atoms with Crippen LogP contribution in [0.1, 0.15) is 17.1 Å². The first-order valence-corrected chi connectivity index (χ1v) is 5.52. The second kappa shape index (κ2) is 4.68. The molecule has 0 saturated carbocycles. The van der Waals surface area contributed by atoms with Crippen LogP contribution in [0.5, 0.6) is 0 Å². The predicted octanol–water partition coefficient (Wildman–Crippen LogP) is 2.12. The summed E-state index contributed by atoms with van der Waals surface area (Å²) in [5.74, 6) is 1.02. The molecule has 84 valence electrons. The van der Waals surface area contributed by atoms with Crippen molar-refractivity contribution < 1.29 is 0 Å². The van der Waals surface area contributed by atoms with Gasteiger partial charge in [-0.2, -0.15) is 0 Å². The first kappa shape index (κ1) is 11.2. The van der Waals surface area contributed by atoms with Crippen molar-refractivity contribution in [2.75, 3.05) is 0 Å². The lowest BCUT2D eigenvalue weighted by Crippen LogP contribution is -1.98. The van der Waals surface area contributed by atoms with Crippen molar-refractivity contribution in [3.63, 3.8) is 0 Å². The molecule has 1 aromatic heterocycles. The van der Waals surface area contributed by atoms with Crippen molar-refractivity contribution in [1.82, 2.24) is 9.55 Å². The number of nitrogens with zero attached hydrogens (tertiary/aromatic N) is 2. The molecule has 0 unspecified atom stereocenters. The Morgan fingerprint density at radius 3 is 2.56 bits per heavy atom. The van der Waals surface area contributed by atoms with Gasteiger partial charge in [-0.05, 0) is 17.7 Å². The van der Waals surface area contributed by atoms with Crippen LogP contribution in [0.2, 0.25) is 5.02 Å². The van der Waals surface area contributed by atoms with E-state index in [-0.39, 0.29) is 0 Å². The Balaban J connectivity index is 2.19. The second-order valence-corrected chi connectivity index (χ2v) is 4.20. The first-order chi connectivity index (χ1) is 7.69. The summed E-state index contributed by atoms with van der Waals surface area (Å²) in [6.07, 6.45) is 2.76. The van der Waals surface area contributed by atoms with E-state index in [0.717, 1.165) is 23.0 Å². The van der Waals surface area contributed by atoms with Gasteiger partial charge in [-0.15, -0.1) is 0 Å². The highest BCUT2D eigenvalue weighted by atomic mass is 35.5. The highest BCUT2D eigenvalue weighted by Crippen LogP contribution is 2.13. The van der Waals surface area contributed by atoms with E-state index in [0.29, 0.717) is 6.54 Å². The maximum Gasteiger partial charge on any atom is 0.113 e. The van der Waals surface area contributed by atoms with Crippen LogP contribution >= 0.6 is 11.6 Å². The van der Waals surface area contributed by atoms with Crippen LogP contribution in [0.15, 0.2) is 30.5 Å². The molecule has 0 atom stereocenters. The molecule has 2 N–H and O–H groups in total. The Kier molecular flexibility index (Phi) is 3.27. The fraction of sp³-hybridized carbons (Fsp3) is 0.250. The number of aryl methyl sites for hydroxylation is 1. The zero-order valence-corrected chi connectivity index (χ0v) is 9.91. The Labute approximate surface area is 99.9 Å². The number of imidazole rings is 1. The SMILES string of the molecule is Cn1cc(CN)nc1Cc1ccc(Cl)cc1. The van der Waals surface area contributed by atoms with E-state index in [1.807, 2.05) is 42.1 Å². The summed E-state index contributed by atoms with van der Waals surface area (Å²) in [4.78, 5) is 4.45. The number of hydrogen-bond donors (Lipinski definition) is 1. The number of hydrogen-bond acceptors (Lipinski definition) is 2. The third-order valence-corrected chi connectivity index (χ3v) is 2.76. The minimum atomic E-state index is 0.481. The molecule has 16 heavy (non-hydrogen) atoms. The van der Waals surface area contributed by atoms with Gasteiger partial charge in [-0.3, -0.25) is 0 Å². The predicted molar refractivity (Wildman–Crippen MR) is 65.4 cm³/mol. The zero-order chi connectivity index (χ0) is 11.5. The molecule has 3 nitrogen and oxygen atoms in total. The summed E-state index contributed by atoms with van der Waals surface area (Å²) in [5, 5.41) is 0.756. The van der Waals surface area contributed by atoms with Crippen molar-refractivity contribution in [3.8, 4) is 0 Å². The van der Waals surface area contributed by atoms with Crippen LogP contribution in [0.25, 0.3) is 0 Å². The van der Waals surface area contributed by atoms with Gasteiger partial charge in [0.2, 0.25) is 0 Å². The Morgan fingerprint density at radius 2 is 2.00 bits per heavy atom. The van der Waals surface area contributed by atoms with Gasteiger partial charge < -0.3 is 10.3 Å². The summed E-state index contributed by atoms with van der Waals surface area (Å²) < 4.78 is 2.01. The number of benzene rings is 1. The van der Waals surface area contributed by atoms with Crippen LogP contribution in [0.3, 0.4) is 0 Å². The van der Waals surface area contributed by atoms with Crippen molar-refractivity contribution in [1.29, 1.82) is 0 Å². The van der Waals surface area contributed by atoms with Crippen molar-refractivity contribution in [2.45, 2.75) is 13.0 Å². The smallest absolute Gasteiger partial charge is 0.113 e. The third-order valence-electron chi connectivity index (χ3n) is 2.51. The standard InChI is InChI=1S/C12H14ClN3/c1-16-8-11(7-14)15-12(16)6-9-2-4-10(13)5-3-9/h2-5,8H,6-7,14H2,1H3. The average Bonchev–Trinajstić information content (AvgIpc) is 2.63. The molecule has 2 rings (SSSR count). The van der Waals surface area contributed by atoms with Crippen molar-refractivity contribution in [3.05, 3.63) is 52.6 Å². The Hall–Kier alpha value is -1.32. The van der Waals surface area contributed by atoms with E-state index < -0.39 is 0 Å². The molecule has 0 aliphatic rings. The number of nitrogens with two attached hydrogens (primary N) is 1. The molecule has 1 aromatic carbocycles. The number of aromatic nitrogens is 2. The van der Waals surface area contributed by atoms with Gasteiger partial charge in [0.15, 0.2) is 0 Å². The molecular formula is C12H14ClN3. The molecule has 0 radical (unpaired) electrons. The summed E-state index contributed by atoms with van der Waals surface area (Å²) >= 11 is 5.84. The zero-order valence-electron chi connectivity index (χ0n) is 9.15. The largest absolute Gasteiger partial charge is 0.337 e. The summed E-state index contributed by atoms with van der Waals surface area (Å²) in [7, 11) is 1.98. The molecule has 0 spiro atoms. The molecule has 0 bridgehead atoms. The molecule has 1 heterocycles. The molecule has 0 saturated heterocycles. The Bertz CT molecular complexity index is 474. The number of halogens is 1. The molecule has 0 amide bonds. The van der Waals surface area contributed by atoms with Gasteiger partial charge in [-0.25, -0.2) is 4.98 Å². The fourth-order valence-electron chi connectivity index (χ4n) is 1.62. The van der Waals surface area contributed by atoms with Crippen LogP contribution < -0.4 is 5.73 Å².